The van der Waals surface area contributed by atoms with Crippen LogP contribution in [0.1, 0.15) is 13.8 Å². The highest BCUT2D eigenvalue weighted by atomic mass is 16.7. The van der Waals surface area contributed by atoms with Gasteiger partial charge in [-0.2, -0.15) is 0 Å². The van der Waals surface area contributed by atoms with E-state index >= 15 is 0 Å². The van der Waals surface area contributed by atoms with Crippen molar-refractivity contribution in [3.63, 3.8) is 0 Å². The Balaban J connectivity index is 0.000000461. The standard InChI is InChI=1S/C7H5NO4.C2H6/c9-8(10)5-1-2-6-7(3-5)12-4-11-6;1-2/h1-3H,4H2;1-2H3. The Bertz CT molecular complexity index is 338. The van der Waals surface area contributed by atoms with Crippen LogP contribution in [0.15, 0.2) is 18.2 Å². The number of hydrogen-bond acceptors (Lipinski definition) is 4. The van der Waals surface area contributed by atoms with Crippen molar-refractivity contribution in [3.05, 3.63) is 28.3 Å². The van der Waals surface area contributed by atoms with Gasteiger partial charge in [0.15, 0.2) is 11.5 Å². The van der Waals surface area contributed by atoms with Gasteiger partial charge in [0.25, 0.3) is 5.69 Å². The molecule has 14 heavy (non-hydrogen) atoms. The van der Waals surface area contributed by atoms with E-state index < -0.39 is 4.92 Å². The van der Waals surface area contributed by atoms with Crippen LogP contribution in [0.25, 0.3) is 0 Å². The van der Waals surface area contributed by atoms with Crippen LogP contribution < -0.4 is 9.47 Å². The fourth-order valence-corrected chi connectivity index (χ4v) is 0.999. The van der Waals surface area contributed by atoms with Crippen LogP contribution in [0, 0.1) is 10.1 Å². The van der Waals surface area contributed by atoms with E-state index in [-0.39, 0.29) is 12.5 Å². The minimum atomic E-state index is -0.470. The zero-order valence-electron chi connectivity index (χ0n) is 8.02. The average Bonchev–Trinajstić information content (AvgIpc) is 2.67. The van der Waals surface area contributed by atoms with Crippen molar-refractivity contribution < 1.29 is 14.4 Å². The Kier molecular flexibility index (Phi) is 3.28. The topological polar surface area (TPSA) is 61.6 Å². The number of rotatable bonds is 1. The van der Waals surface area contributed by atoms with Crippen molar-refractivity contribution in [2.24, 2.45) is 0 Å². The summed E-state index contributed by atoms with van der Waals surface area (Å²) in [4.78, 5) is 9.84. The van der Waals surface area contributed by atoms with Crippen molar-refractivity contribution in [1.82, 2.24) is 0 Å². The number of nitrogens with zero attached hydrogens (tertiary/aromatic N) is 1. The molecule has 1 aliphatic rings. The Morgan fingerprint density at radius 1 is 1.29 bits per heavy atom. The summed E-state index contributed by atoms with van der Waals surface area (Å²) in [6.45, 7) is 4.14. The number of nitro groups is 1. The molecular formula is C9H11NO4. The molecule has 0 fully saturated rings. The average molecular weight is 197 g/mol. The van der Waals surface area contributed by atoms with Crippen LogP contribution in [0.3, 0.4) is 0 Å². The Morgan fingerprint density at radius 2 is 1.93 bits per heavy atom. The quantitative estimate of drug-likeness (QED) is 0.512. The summed E-state index contributed by atoms with van der Waals surface area (Å²) in [7, 11) is 0. The predicted octanol–water partition coefficient (Wildman–Crippen LogP) is 2.35. The smallest absolute Gasteiger partial charge is 0.273 e. The molecule has 5 nitrogen and oxygen atoms in total. The molecule has 0 bridgehead atoms. The second-order valence-corrected chi connectivity index (χ2v) is 2.29. The maximum atomic E-state index is 10.3. The molecule has 0 spiro atoms. The molecule has 0 saturated carbocycles. The zero-order chi connectivity index (χ0) is 10.6. The monoisotopic (exact) mass is 197 g/mol. The molecular weight excluding hydrogens is 186 g/mol. The van der Waals surface area contributed by atoms with Gasteiger partial charge in [-0.05, 0) is 6.07 Å². The fraction of sp³-hybridized carbons (Fsp3) is 0.333. The molecule has 0 radical (unpaired) electrons. The van der Waals surface area contributed by atoms with Crippen molar-refractivity contribution >= 4 is 5.69 Å². The van der Waals surface area contributed by atoms with Crippen LogP contribution >= 0.6 is 0 Å². The molecule has 0 amide bonds. The third-order valence-electron chi connectivity index (χ3n) is 1.57. The normalized spacial score (nSPS) is 11.6. The van der Waals surface area contributed by atoms with E-state index in [9.17, 15) is 10.1 Å². The van der Waals surface area contributed by atoms with E-state index in [1.807, 2.05) is 13.8 Å². The minimum absolute atomic E-state index is 0.0132. The third kappa shape index (κ3) is 1.93. The van der Waals surface area contributed by atoms with Gasteiger partial charge in [-0.1, -0.05) is 13.8 Å². The number of non-ortho nitro benzene ring substituents is 1. The van der Waals surface area contributed by atoms with E-state index in [0.29, 0.717) is 11.5 Å². The molecule has 1 heterocycles. The highest BCUT2D eigenvalue weighted by Crippen LogP contribution is 2.34. The molecule has 0 unspecified atom stereocenters. The number of nitro benzene ring substituents is 1. The molecule has 76 valence electrons. The van der Waals surface area contributed by atoms with E-state index in [2.05, 4.69) is 0 Å². The van der Waals surface area contributed by atoms with Crippen LogP contribution in [-0.4, -0.2) is 11.7 Å². The molecule has 5 heteroatoms. The van der Waals surface area contributed by atoms with Crippen LogP contribution in [0.4, 0.5) is 5.69 Å². The Morgan fingerprint density at radius 3 is 2.57 bits per heavy atom. The lowest BCUT2D eigenvalue weighted by Crippen LogP contribution is -1.93. The number of hydrogen-bond donors (Lipinski definition) is 0. The van der Waals surface area contributed by atoms with Gasteiger partial charge in [0.05, 0.1) is 11.0 Å². The molecule has 0 aliphatic carbocycles. The lowest BCUT2D eigenvalue weighted by atomic mass is 10.3. The van der Waals surface area contributed by atoms with E-state index in [0.717, 1.165) is 0 Å². The predicted molar refractivity (Wildman–Crippen MR) is 50.6 cm³/mol. The first kappa shape index (κ1) is 10.3. The van der Waals surface area contributed by atoms with E-state index in [1.165, 1.54) is 18.2 Å². The number of fused-ring (bicyclic) bond motifs is 1. The van der Waals surface area contributed by atoms with Crippen LogP contribution in [0.5, 0.6) is 11.5 Å². The largest absolute Gasteiger partial charge is 0.454 e. The zero-order valence-corrected chi connectivity index (χ0v) is 8.02. The van der Waals surface area contributed by atoms with Gasteiger partial charge < -0.3 is 9.47 Å². The van der Waals surface area contributed by atoms with Crippen molar-refractivity contribution in [2.75, 3.05) is 6.79 Å². The summed E-state index contributed by atoms with van der Waals surface area (Å²) in [5.41, 5.74) is 0.0132. The van der Waals surface area contributed by atoms with Gasteiger partial charge in [-0.15, -0.1) is 0 Å². The highest BCUT2D eigenvalue weighted by Gasteiger charge is 2.17. The molecule has 2 rings (SSSR count). The van der Waals surface area contributed by atoms with E-state index in [1.54, 1.807) is 0 Å². The van der Waals surface area contributed by atoms with E-state index in [4.69, 9.17) is 9.47 Å². The van der Waals surface area contributed by atoms with Gasteiger partial charge in [0, 0.05) is 6.07 Å². The van der Waals surface area contributed by atoms with Gasteiger partial charge in [0.1, 0.15) is 0 Å². The molecule has 0 aromatic heterocycles. The first-order chi connectivity index (χ1) is 6.77. The Labute approximate surface area is 81.4 Å². The van der Waals surface area contributed by atoms with Crippen molar-refractivity contribution in [3.8, 4) is 11.5 Å². The maximum absolute atomic E-state index is 10.3. The van der Waals surface area contributed by atoms with Crippen molar-refractivity contribution in [1.29, 1.82) is 0 Å². The lowest BCUT2D eigenvalue weighted by Gasteiger charge is -1.93. The first-order valence-electron chi connectivity index (χ1n) is 4.31. The summed E-state index contributed by atoms with van der Waals surface area (Å²) in [6.07, 6.45) is 0. The highest BCUT2D eigenvalue weighted by molar-refractivity contribution is 5.49. The molecule has 0 saturated heterocycles. The summed E-state index contributed by atoms with van der Waals surface area (Å²) >= 11 is 0. The number of benzene rings is 1. The molecule has 0 N–H and O–H groups in total. The third-order valence-corrected chi connectivity index (χ3v) is 1.57. The van der Waals surface area contributed by atoms with Crippen LogP contribution in [-0.2, 0) is 0 Å². The minimum Gasteiger partial charge on any atom is -0.454 e. The molecule has 0 atom stereocenters. The summed E-state index contributed by atoms with van der Waals surface area (Å²) < 4.78 is 9.95. The maximum Gasteiger partial charge on any atom is 0.273 e. The molecule has 1 aromatic carbocycles. The fourth-order valence-electron chi connectivity index (χ4n) is 0.999. The SMILES string of the molecule is CC.O=[N+]([O-])c1ccc2c(c1)OCO2. The number of ether oxygens (including phenoxy) is 2. The van der Waals surface area contributed by atoms with Gasteiger partial charge >= 0.3 is 0 Å². The summed E-state index contributed by atoms with van der Waals surface area (Å²) in [5, 5.41) is 10.3. The van der Waals surface area contributed by atoms with Gasteiger partial charge in [0.2, 0.25) is 6.79 Å². The second-order valence-electron chi connectivity index (χ2n) is 2.29. The second kappa shape index (κ2) is 4.45. The Hall–Kier alpha value is -1.78. The van der Waals surface area contributed by atoms with Crippen LogP contribution in [0.2, 0.25) is 0 Å². The lowest BCUT2D eigenvalue weighted by molar-refractivity contribution is -0.384. The molecule has 1 aliphatic heterocycles. The first-order valence-corrected chi connectivity index (χ1v) is 4.31. The van der Waals surface area contributed by atoms with Gasteiger partial charge in [-0.25, -0.2) is 0 Å². The molecule has 1 aromatic rings. The van der Waals surface area contributed by atoms with Gasteiger partial charge in [-0.3, -0.25) is 10.1 Å². The summed E-state index contributed by atoms with van der Waals surface area (Å²) in [5.74, 6) is 0.991. The van der Waals surface area contributed by atoms with Crippen molar-refractivity contribution in [2.45, 2.75) is 13.8 Å². The summed E-state index contributed by atoms with van der Waals surface area (Å²) in [6, 6.07) is 4.26.